The zero-order chi connectivity index (χ0) is 9.83. The third kappa shape index (κ3) is 11.3. The van der Waals surface area contributed by atoms with Crippen LogP contribution in [0.2, 0.25) is 0 Å². The average Bonchev–Trinajstić information content (AvgIpc) is 1.78. The molecule has 0 heterocycles. The summed E-state index contributed by atoms with van der Waals surface area (Å²) in [5.41, 5.74) is 0. The standard InChI is InChI=1S/C5H9F3O3S.K.H/c1-2-3-4-12(9,10)11-5(6,7)8;;/h2-4H2,1H3;;/q;+1;-1. The van der Waals surface area contributed by atoms with Gasteiger partial charge in [0.05, 0.1) is 5.75 Å². The fraction of sp³-hybridized carbons (Fsp3) is 1.00. The number of alkyl halides is 3. The van der Waals surface area contributed by atoms with Gasteiger partial charge >= 0.3 is 57.7 Å². The van der Waals surface area contributed by atoms with E-state index < -0.39 is 22.2 Å². The molecular formula is C5H10F3KO3S. The van der Waals surface area contributed by atoms with Gasteiger partial charge in [-0.3, -0.25) is 0 Å². The molecule has 0 aromatic heterocycles. The number of halogens is 3. The van der Waals surface area contributed by atoms with E-state index in [1.54, 1.807) is 6.92 Å². The first-order valence-corrected chi connectivity index (χ1v) is 4.84. The van der Waals surface area contributed by atoms with Crippen molar-refractivity contribution >= 4 is 10.1 Å². The van der Waals surface area contributed by atoms with Crippen LogP contribution < -0.4 is 51.4 Å². The van der Waals surface area contributed by atoms with Crippen LogP contribution in [0, 0.1) is 0 Å². The summed E-state index contributed by atoms with van der Waals surface area (Å²) in [6.07, 6.45) is -4.44. The Labute approximate surface area is 119 Å². The van der Waals surface area contributed by atoms with Crippen molar-refractivity contribution in [1.82, 2.24) is 0 Å². The molecule has 0 aliphatic heterocycles. The minimum atomic E-state index is -5.10. The molecule has 0 aliphatic carbocycles. The molecule has 0 saturated heterocycles. The summed E-state index contributed by atoms with van der Waals surface area (Å²) in [5, 5.41) is 0. The van der Waals surface area contributed by atoms with Crippen molar-refractivity contribution in [2.75, 3.05) is 5.75 Å². The van der Waals surface area contributed by atoms with E-state index in [9.17, 15) is 21.6 Å². The Bertz CT molecular complexity index is 229. The van der Waals surface area contributed by atoms with Crippen molar-refractivity contribution in [1.29, 1.82) is 0 Å². The topological polar surface area (TPSA) is 43.4 Å². The van der Waals surface area contributed by atoms with Gasteiger partial charge in [0.2, 0.25) is 0 Å². The van der Waals surface area contributed by atoms with Gasteiger partial charge in [0.1, 0.15) is 0 Å². The van der Waals surface area contributed by atoms with Gasteiger partial charge in [-0.1, -0.05) is 13.3 Å². The zero-order valence-electron chi connectivity index (χ0n) is 8.39. The largest absolute Gasteiger partial charge is 1.00 e. The van der Waals surface area contributed by atoms with Crippen LogP contribution in [-0.4, -0.2) is 20.5 Å². The predicted molar refractivity (Wildman–Crippen MR) is 36.9 cm³/mol. The van der Waals surface area contributed by atoms with Gasteiger partial charge in [-0.2, -0.15) is 12.6 Å². The van der Waals surface area contributed by atoms with Crippen molar-refractivity contribution < 1.29 is 78.6 Å². The van der Waals surface area contributed by atoms with E-state index in [2.05, 4.69) is 4.18 Å². The Balaban J connectivity index is -0.000000605. The molecule has 0 bridgehead atoms. The quantitative estimate of drug-likeness (QED) is 0.461. The Morgan fingerprint density at radius 3 is 2.15 bits per heavy atom. The summed E-state index contributed by atoms with van der Waals surface area (Å²) in [6, 6.07) is 0. The Kier molecular flexibility index (Phi) is 8.70. The first-order valence-electron chi connectivity index (χ1n) is 3.27. The van der Waals surface area contributed by atoms with E-state index in [4.69, 9.17) is 0 Å². The molecular weight excluding hydrogens is 236 g/mol. The van der Waals surface area contributed by atoms with Gasteiger partial charge in [0, 0.05) is 0 Å². The zero-order valence-corrected chi connectivity index (χ0v) is 11.3. The van der Waals surface area contributed by atoms with Gasteiger partial charge < -0.3 is 1.43 Å². The Morgan fingerprint density at radius 1 is 1.38 bits per heavy atom. The smallest absolute Gasteiger partial charge is 1.00 e. The first kappa shape index (κ1) is 16.8. The van der Waals surface area contributed by atoms with E-state index in [1.807, 2.05) is 0 Å². The van der Waals surface area contributed by atoms with E-state index in [0.717, 1.165) is 0 Å². The van der Waals surface area contributed by atoms with Gasteiger partial charge in [-0.25, -0.2) is 0 Å². The maximum absolute atomic E-state index is 11.4. The van der Waals surface area contributed by atoms with E-state index in [-0.39, 0.29) is 59.2 Å². The molecule has 0 spiro atoms. The van der Waals surface area contributed by atoms with E-state index in [1.165, 1.54) is 0 Å². The van der Waals surface area contributed by atoms with Gasteiger partial charge in [0.25, 0.3) is 10.1 Å². The van der Waals surface area contributed by atoms with Crippen LogP contribution in [0.1, 0.15) is 21.2 Å². The molecule has 0 rings (SSSR count). The minimum absolute atomic E-state index is 0. The van der Waals surface area contributed by atoms with Crippen molar-refractivity contribution in [3.05, 3.63) is 0 Å². The van der Waals surface area contributed by atoms with Crippen LogP contribution in [0.15, 0.2) is 0 Å². The summed E-state index contributed by atoms with van der Waals surface area (Å²) in [5.74, 6) is -0.594. The van der Waals surface area contributed by atoms with Gasteiger partial charge in [-0.15, -0.1) is 13.2 Å². The third-order valence-electron chi connectivity index (χ3n) is 0.969. The monoisotopic (exact) mass is 246 g/mol. The summed E-state index contributed by atoms with van der Waals surface area (Å²) in [6.45, 7) is 1.67. The maximum Gasteiger partial charge on any atom is 1.00 e. The normalized spacial score (nSPS) is 12.3. The molecule has 0 aromatic rings. The van der Waals surface area contributed by atoms with Crippen LogP contribution in [0.5, 0.6) is 0 Å². The van der Waals surface area contributed by atoms with Crippen molar-refractivity contribution in [2.24, 2.45) is 0 Å². The number of hydrogen-bond acceptors (Lipinski definition) is 3. The maximum atomic E-state index is 11.4. The minimum Gasteiger partial charge on any atom is -1.00 e. The predicted octanol–water partition coefficient (Wildman–Crippen LogP) is -1.23. The molecule has 8 heteroatoms. The van der Waals surface area contributed by atoms with Gasteiger partial charge in [-0.05, 0) is 6.42 Å². The first-order chi connectivity index (χ1) is 5.27. The fourth-order valence-corrected chi connectivity index (χ4v) is 1.52. The summed E-state index contributed by atoms with van der Waals surface area (Å²) >= 11 is 0. The molecule has 0 aliphatic rings. The molecule has 0 unspecified atom stereocenters. The molecule has 3 nitrogen and oxygen atoms in total. The second-order valence-electron chi connectivity index (χ2n) is 2.14. The molecule has 0 amide bonds. The molecule has 76 valence electrons. The summed E-state index contributed by atoms with van der Waals surface area (Å²) in [4.78, 5) is 0. The van der Waals surface area contributed by atoms with Crippen LogP contribution >= 0.6 is 0 Å². The molecule has 0 aromatic carbocycles. The molecule has 13 heavy (non-hydrogen) atoms. The fourth-order valence-electron chi connectivity index (χ4n) is 0.507. The molecule has 0 radical (unpaired) electrons. The Morgan fingerprint density at radius 2 is 1.85 bits per heavy atom. The van der Waals surface area contributed by atoms with Crippen molar-refractivity contribution in [3.63, 3.8) is 0 Å². The number of rotatable bonds is 4. The second kappa shape index (κ2) is 6.75. The molecule has 0 atom stereocenters. The second-order valence-corrected chi connectivity index (χ2v) is 3.83. The molecule has 0 fully saturated rings. The van der Waals surface area contributed by atoms with Crippen LogP contribution in [0.4, 0.5) is 13.2 Å². The summed E-state index contributed by atoms with van der Waals surface area (Å²) < 4.78 is 58.0. The number of unbranched alkanes of at least 4 members (excludes halogenated alkanes) is 1. The van der Waals surface area contributed by atoms with E-state index in [0.29, 0.717) is 6.42 Å². The molecule has 0 saturated carbocycles. The Hall–Kier alpha value is 1.34. The van der Waals surface area contributed by atoms with Gasteiger partial charge in [0.15, 0.2) is 0 Å². The third-order valence-corrected chi connectivity index (χ3v) is 2.20. The average molecular weight is 246 g/mol. The van der Waals surface area contributed by atoms with Crippen LogP contribution in [0.3, 0.4) is 0 Å². The van der Waals surface area contributed by atoms with Crippen LogP contribution in [-0.2, 0) is 14.3 Å². The summed E-state index contributed by atoms with van der Waals surface area (Å²) in [7, 11) is -4.43. The van der Waals surface area contributed by atoms with Crippen molar-refractivity contribution in [3.8, 4) is 0 Å². The molecule has 0 N–H and O–H groups in total. The SMILES string of the molecule is CCCCS(=O)(=O)OC(F)(F)F.[H-].[K+]. The van der Waals surface area contributed by atoms with Crippen molar-refractivity contribution in [2.45, 2.75) is 26.1 Å². The van der Waals surface area contributed by atoms with Crippen LogP contribution in [0.25, 0.3) is 0 Å². The number of hydrogen-bond donors (Lipinski definition) is 0. The van der Waals surface area contributed by atoms with E-state index >= 15 is 0 Å².